The van der Waals surface area contributed by atoms with Crippen molar-refractivity contribution in [2.75, 3.05) is 19.8 Å². The normalized spacial score (nSPS) is 22.5. The van der Waals surface area contributed by atoms with Crippen molar-refractivity contribution in [1.29, 1.82) is 0 Å². The van der Waals surface area contributed by atoms with Crippen molar-refractivity contribution in [2.45, 2.75) is 25.4 Å². The Bertz CT molecular complexity index is 628. The maximum absolute atomic E-state index is 12.0. The Kier molecular flexibility index (Phi) is 3.49. The van der Waals surface area contributed by atoms with Crippen molar-refractivity contribution in [2.24, 2.45) is 0 Å². The van der Waals surface area contributed by atoms with Crippen LogP contribution in [0.3, 0.4) is 0 Å². The zero-order valence-corrected chi connectivity index (χ0v) is 12.1. The molecule has 0 radical (unpaired) electrons. The Morgan fingerprint density at radius 1 is 1.70 bits per heavy atom. The zero-order chi connectivity index (χ0) is 14.2. The van der Waals surface area contributed by atoms with E-state index in [2.05, 4.69) is 10.3 Å². The standard InChI is InChI=1S/C13H17N3O3S/c1-9-5-16-10(6-20-12(16)15-9)4-11(17)14-7-13(18)2-3-19-8-13/h5-6,18H,2-4,7-8H2,1H3,(H,14,17). The van der Waals surface area contributed by atoms with Crippen molar-refractivity contribution < 1.29 is 14.6 Å². The van der Waals surface area contributed by atoms with Gasteiger partial charge < -0.3 is 15.2 Å². The van der Waals surface area contributed by atoms with E-state index >= 15 is 0 Å². The number of aryl methyl sites for hydroxylation is 1. The molecule has 0 aromatic carbocycles. The molecular weight excluding hydrogens is 278 g/mol. The molecule has 1 saturated heterocycles. The number of hydrogen-bond donors (Lipinski definition) is 2. The highest BCUT2D eigenvalue weighted by molar-refractivity contribution is 7.15. The summed E-state index contributed by atoms with van der Waals surface area (Å²) < 4.78 is 7.08. The number of thiazole rings is 1. The summed E-state index contributed by atoms with van der Waals surface area (Å²) in [4.78, 5) is 17.2. The number of ether oxygens (including phenoxy) is 1. The van der Waals surface area contributed by atoms with Crippen LogP contribution in [0.5, 0.6) is 0 Å². The van der Waals surface area contributed by atoms with Gasteiger partial charge in [-0.15, -0.1) is 11.3 Å². The first-order valence-corrected chi connectivity index (χ1v) is 7.43. The Morgan fingerprint density at radius 3 is 3.30 bits per heavy atom. The van der Waals surface area contributed by atoms with Crippen LogP contribution in [0.2, 0.25) is 0 Å². The minimum absolute atomic E-state index is 0.101. The predicted molar refractivity (Wildman–Crippen MR) is 74.9 cm³/mol. The summed E-state index contributed by atoms with van der Waals surface area (Å²) in [7, 11) is 0. The summed E-state index contributed by atoms with van der Waals surface area (Å²) in [5.41, 5.74) is 0.944. The molecule has 3 heterocycles. The molecule has 108 valence electrons. The van der Waals surface area contributed by atoms with E-state index in [0.717, 1.165) is 16.3 Å². The first-order chi connectivity index (χ1) is 9.56. The van der Waals surface area contributed by atoms with E-state index in [-0.39, 0.29) is 25.5 Å². The maximum Gasteiger partial charge on any atom is 0.226 e. The van der Waals surface area contributed by atoms with Crippen LogP contribution in [0.1, 0.15) is 17.8 Å². The molecule has 1 fully saturated rings. The number of fused-ring (bicyclic) bond motifs is 1. The van der Waals surface area contributed by atoms with Crippen LogP contribution in [0.15, 0.2) is 11.6 Å². The van der Waals surface area contributed by atoms with Crippen LogP contribution in [0.25, 0.3) is 4.96 Å². The Labute approximate surface area is 120 Å². The number of rotatable bonds is 4. The van der Waals surface area contributed by atoms with E-state index in [0.29, 0.717) is 13.0 Å². The molecule has 20 heavy (non-hydrogen) atoms. The molecule has 0 aliphatic carbocycles. The molecule has 1 unspecified atom stereocenters. The molecule has 2 N–H and O–H groups in total. The number of nitrogens with one attached hydrogen (secondary N) is 1. The van der Waals surface area contributed by atoms with Crippen LogP contribution < -0.4 is 5.32 Å². The van der Waals surface area contributed by atoms with Crippen LogP contribution >= 0.6 is 11.3 Å². The van der Waals surface area contributed by atoms with Gasteiger partial charge in [-0.25, -0.2) is 4.98 Å². The number of nitrogens with zero attached hydrogens (tertiary/aromatic N) is 2. The second-order valence-corrected chi connectivity index (χ2v) is 6.08. The minimum Gasteiger partial charge on any atom is -0.386 e. The van der Waals surface area contributed by atoms with E-state index in [9.17, 15) is 9.90 Å². The van der Waals surface area contributed by atoms with Crippen molar-refractivity contribution >= 4 is 22.2 Å². The summed E-state index contributed by atoms with van der Waals surface area (Å²) >= 11 is 1.52. The fourth-order valence-corrected chi connectivity index (χ4v) is 3.21. The summed E-state index contributed by atoms with van der Waals surface area (Å²) in [6.45, 7) is 3.00. The Hall–Kier alpha value is -1.44. The lowest BCUT2D eigenvalue weighted by molar-refractivity contribution is -0.121. The number of aromatic nitrogens is 2. The number of carbonyl (C=O) groups is 1. The molecule has 1 aliphatic heterocycles. The van der Waals surface area contributed by atoms with Gasteiger partial charge in [-0.1, -0.05) is 0 Å². The first-order valence-electron chi connectivity index (χ1n) is 6.55. The lowest BCUT2D eigenvalue weighted by Crippen LogP contribution is -2.43. The monoisotopic (exact) mass is 295 g/mol. The van der Waals surface area contributed by atoms with Crippen molar-refractivity contribution in [3.63, 3.8) is 0 Å². The Balaban J connectivity index is 1.61. The van der Waals surface area contributed by atoms with Crippen LogP contribution in [-0.4, -0.2) is 45.8 Å². The van der Waals surface area contributed by atoms with Gasteiger partial charge in [-0.2, -0.15) is 0 Å². The third-order valence-corrected chi connectivity index (χ3v) is 4.33. The average molecular weight is 295 g/mol. The van der Waals surface area contributed by atoms with Gasteiger partial charge in [0, 0.05) is 36.8 Å². The van der Waals surface area contributed by atoms with E-state index in [1.807, 2.05) is 22.9 Å². The molecule has 1 atom stereocenters. The first kappa shape index (κ1) is 13.5. The topological polar surface area (TPSA) is 75.9 Å². The fraction of sp³-hybridized carbons (Fsp3) is 0.538. The molecule has 6 nitrogen and oxygen atoms in total. The van der Waals surface area contributed by atoms with Crippen LogP contribution in [0.4, 0.5) is 0 Å². The van der Waals surface area contributed by atoms with Gasteiger partial charge in [0.15, 0.2) is 4.96 Å². The molecule has 1 aliphatic rings. The highest BCUT2D eigenvalue weighted by atomic mass is 32.1. The van der Waals surface area contributed by atoms with Crippen molar-refractivity contribution in [3.05, 3.63) is 23.0 Å². The van der Waals surface area contributed by atoms with Gasteiger partial charge in [0.05, 0.1) is 18.7 Å². The maximum atomic E-state index is 12.0. The summed E-state index contributed by atoms with van der Waals surface area (Å²) in [5, 5.41) is 14.8. The average Bonchev–Trinajstić information content (AvgIpc) is 3.06. The Morgan fingerprint density at radius 2 is 2.55 bits per heavy atom. The highest BCUT2D eigenvalue weighted by Gasteiger charge is 2.32. The van der Waals surface area contributed by atoms with Gasteiger partial charge >= 0.3 is 0 Å². The van der Waals surface area contributed by atoms with Gasteiger partial charge in [-0.3, -0.25) is 9.20 Å². The highest BCUT2D eigenvalue weighted by Crippen LogP contribution is 2.18. The molecule has 0 saturated carbocycles. The number of carbonyl (C=O) groups excluding carboxylic acids is 1. The van der Waals surface area contributed by atoms with Gasteiger partial charge in [0.2, 0.25) is 5.91 Å². The van der Waals surface area contributed by atoms with Crippen LogP contribution in [-0.2, 0) is 16.0 Å². The summed E-state index contributed by atoms with van der Waals surface area (Å²) in [6.07, 6.45) is 2.77. The number of hydrogen-bond acceptors (Lipinski definition) is 5. The smallest absolute Gasteiger partial charge is 0.226 e. The SMILES string of the molecule is Cc1cn2c(CC(=O)NCC3(O)CCOC3)csc2n1. The zero-order valence-electron chi connectivity index (χ0n) is 11.3. The molecule has 2 aromatic rings. The van der Waals surface area contributed by atoms with E-state index in [1.165, 1.54) is 11.3 Å². The molecular formula is C13H17N3O3S. The molecule has 1 amide bonds. The molecule has 7 heteroatoms. The third-order valence-electron chi connectivity index (χ3n) is 3.44. The lowest BCUT2D eigenvalue weighted by atomic mass is 10.0. The third kappa shape index (κ3) is 2.70. The number of imidazole rings is 1. The van der Waals surface area contributed by atoms with E-state index < -0.39 is 5.60 Å². The number of amides is 1. The molecule has 0 spiro atoms. The quantitative estimate of drug-likeness (QED) is 0.862. The van der Waals surface area contributed by atoms with Gasteiger partial charge in [0.1, 0.15) is 5.60 Å². The van der Waals surface area contributed by atoms with Gasteiger partial charge in [-0.05, 0) is 6.92 Å². The van der Waals surface area contributed by atoms with Gasteiger partial charge in [0.25, 0.3) is 0 Å². The minimum atomic E-state index is -0.911. The van der Waals surface area contributed by atoms with Crippen molar-refractivity contribution in [1.82, 2.24) is 14.7 Å². The number of aliphatic hydroxyl groups is 1. The second kappa shape index (κ2) is 5.16. The summed E-state index contributed by atoms with van der Waals surface area (Å²) in [5.74, 6) is -0.101. The van der Waals surface area contributed by atoms with Crippen LogP contribution in [0, 0.1) is 6.92 Å². The summed E-state index contributed by atoms with van der Waals surface area (Å²) in [6, 6.07) is 0. The van der Waals surface area contributed by atoms with E-state index in [1.54, 1.807) is 0 Å². The molecule has 3 rings (SSSR count). The van der Waals surface area contributed by atoms with E-state index in [4.69, 9.17) is 4.74 Å². The fourth-order valence-electron chi connectivity index (χ4n) is 2.29. The largest absolute Gasteiger partial charge is 0.386 e. The van der Waals surface area contributed by atoms with Crippen molar-refractivity contribution in [3.8, 4) is 0 Å². The molecule has 0 bridgehead atoms. The predicted octanol–water partition coefficient (Wildman–Crippen LogP) is 0.514. The molecule has 2 aromatic heterocycles. The second-order valence-electron chi connectivity index (χ2n) is 5.24. The lowest BCUT2D eigenvalue weighted by Gasteiger charge is -2.20.